The van der Waals surface area contributed by atoms with Crippen LogP contribution in [-0.4, -0.2) is 20.9 Å². The first kappa shape index (κ1) is 16.9. The quantitative estimate of drug-likeness (QED) is 0.729. The molecule has 132 valence electrons. The molecule has 0 bridgehead atoms. The van der Waals surface area contributed by atoms with Crippen molar-refractivity contribution in [2.24, 2.45) is 4.99 Å². The highest BCUT2D eigenvalue weighted by molar-refractivity contribution is 6.31. The highest BCUT2D eigenvalue weighted by Crippen LogP contribution is 2.35. The molecule has 1 aromatic heterocycles. The Morgan fingerprint density at radius 2 is 2.04 bits per heavy atom. The van der Waals surface area contributed by atoms with Gasteiger partial charge in [-0.05, 0) is 35.9 Å². The highest BCUT2D eigenvalue weighted by atomic mass is 35.5. The SMILES string of the molecule is N#Cc1ccc(Cn2c(O)c(/C=C3\C=Nc4cc(Cl)ccc43)[nH]c2=O)cc1. The second kappa shape index (κ2) is 6.63. The highest BCUT2D eigenvalue weighted by Gasteiger charge is 2.16. The molecule has 2 N–H and O–H groups in total. The number of fused-ring (bicyclic) bond motifs is 1. The number of allylic oxidation sites excluding steroid dienone is 1. The Kier molecular flexibility index (Phi) is 4.15. The van der Waals surface area contributed by atoms with Crippen molar-refractivity contribution in [3.63, 3.8) is 0 Å². The summed E-state index contributed by atoms with van der Waals surface area (Å²) in [4.78, 5) is 19.2. The molecule has 1 aliphatic rings. The van der Waals surface area contributed by atoms with E-state index in [9.17, 15) is 9.90 Å². The van der Waals surface area contributed by atoms with Gasteiger partial charge in [-0.3, -0.25) is 9.56 Å². The zero-order valence-corrected chi connectivity index (χ0v) is 14.7. The van der Waals surface area contributed by atoms with Crippen LogP contribution in [0.3, 0.4) is 0 Å². The molecule has 4 rings (SSSR count). The topological polar surface area (TPSA) is 94.2 Å². The third-order valence-electron chi connectivity index (χ3n) is 4.32. The van der Waals surface area contributed by atoms with Crippen LogP contribution in [0, 0.1) is 11.3 Å². The average Bonchev–Trinajstić information content (AvgIpc) is 3.18. The fourth-order valence-corrected chi connectivity index (χ4v) is 3.10. The van der Waals surface area contributed by atoms with E-state index in [1.165, 1.54) is 4.57 Å². The monoisotopic (exact) mass is 376 g/mol. The predicted molar refractivity (Wildman–Crippen MR) is 104 cm³/mol. The molecule has 0 saturated carbocycles. The smallest absolute Gasteiger partial charge is 0.329 e. The molecule has 0 spiro atoms. The van der Waals surface area contributed by atoms with Crippen LogP contribution < -0.4 is 5.69 Å². The summed E-state index contributed by atoms with van der Waals surface area (Å²) in [6, 6.07) is 14.3. The first-order chi connectivity index (χ1) is 13.0. The second-order valence-corrected chi connectivity index (χ2v) is 6.52. The molecular weight excluding hydrogens is 364 g/mol. The number of imidazole rings is 1. The number of hydrogen-bond acceptors (Lipinski definition) is 4. The van der Waals surface area contributed by atoms with Gasteiger partial charge in [-0.15, -0.1) is 0 Å². The van der Waals surface area contributed by atoms with Gasteiger partial charge in [0.1, 0.15) is 5.69 Å². The number of aromatic hydroxyl groups is 1. The summed E-state index contributed by atoms with van der Waals surface area (Å²) in [5.41, 5.74) is 3.60. The molecule has 0 unspecified atom stereocenters. The molecule has 0 saturated heterocycles. The van der Waals surface area contributed by atoms with Crippen molar-refractivity contribution in [3.05, 3.63) is 80.4 Å². The second-order valence-electron chi connectivity index (χ2n) is 6.08. The predicted octanol–water partition coefficient (Wildman–Crippen LogP) is 3.71. The number of nitriles is 1. The van der Waals surface area contributed by atoms with Crippen LogP contribution in [0.1, 0.15) is 22.4 Å². The molecule has 1 aliphatic heterocycles. The maximum absolute atomic E-state index is 12.3. The summed E-state index contributed by atoms with van der Waals surface area (Å²) < 4.78 is 1.24. The van der Waals surface area contributed by atoms with Crippen LogP contribution in [0.5, 0.6) is 5.88 Å². The molecule has 6 nitrogen and oxygen atoms in total. The van der Waals surface area contributed by atoms with E-state index in [-0.39, 0.29) is 12.4 Å². The first-order valence-corrected chi connectivity index (χ1v) is 8.49. The molecular formula is C20H13ClN4O2. The average molecular weight is 377 g/mol. The number of aromatic nitrogens is 2. The lowest BCUT2D eigenvalue weighted by Crippen LogP contribution is -2.17. The lowest BCUT2D eigenvalue weighted by Gasteiger charge is -2.04. The summed E-state index contributed by atoms with van der Waals surface area (Å²) in [5, 5.41) is 19.9. The van der Waals surface area contributed by atoms with Crippen molar-refractivity contribution in [1.29, 1.82) is 5.26 Å². The van der Waals surface area contributed by atoms with Gasteiger partial charge < -0.3 is 10.1 Å². The van der Waals surface area contributed by atoms with Crippen molar-refractivity contribution < 1.29 is 5.11 Å². The number of nitrogens with zero attached hydrogens (tertiary/aromatic N) is 3. The van der Waals surface area contributed by atoms with E-state index in [4.69, 9.17) is 16.9 Å². The molecule has 2 heterocycles. The van der Waals surface area contributed by atoms with Crippen LogP contribution in [-0.2, 0) is 6.54 Å². The normalized spacial score (nSPS) is 13.7. The Bertz CT molecular complexity index is 1190. The summed E-state index contributed by atoms with van der Waals surface area (Å²) >= 11 is 5.97. The molecule has 7 heteroatoms. The summed E-state index contributed by atoms with van der Waals surface area (Å²) in [7, 11) is 0. The number of rotatable bonds is 3. The molecule has 27 heavy (non-hydrogen) atoms. The Balaban J connectivity index is 1.67. The summed E-state index contributed by atoms with van der Waals surface area (Å²) in [5.74, 6) is -0.160. The van der Waals surface area contributed by atoms with Crippen molar-refractivity contribution in [1.82, 2.24) is 9.55 Å². The fourth-order valence-electron chi connectivity index (χ4n) is 2.93. The number of nitrogens with one attached hydrogen (secondary N) is 1. The Morgan fingerprint density at radius 1 is 1.26 bits per heavy atom. The molecule has 0 radical (unpaired) electrons. The van der Waals surface area contributed by atoms with Crippen LogP contribution in [0.15, 0.2) is 52.3 Å². The van der Waals surface area contributed by atoms with E-state index in [1.54, 1.807) is 48.7 Å². The molecule has 0 amide bonds. The summed E-state index contributed by atoms with van der Waals surface area (Å²) in [6.07, 6.45) is 3.34. The number of aliphatic imine (C=N–C) groups is 1. The van der Waals surface area contributed by atoms with E-state index in [2.05, 4.69) is 9.98 Å². The minimum atomic E-state index is -0.421. The van der Waals surface area contributed by atoms with Gasteiger partial charge in [0.25, 0.3) is 0 Å². The van der Waals surface area contributed by atoms with Gasteiger partial charge in [0.2, 0.25) is 5.88 Å². The number of hydrogen-bond donors (Lipinski definition) is 2. The van der Waals surface area contributed by atoms with Gasteiger partial charge >= 0.3 is 5.69 Å². The van der Waals surface area contributed by atoms with E-state index in [0.717, 1.165) is 22.4 Å². The van der Waals surface area contributed by atoms with Crippen LogP contribution in [0.25, 0.3) is 11.6 Å². The molecule has 3 aromatic rings. The molecule has 0 aliphatic carbocycles. The van der Waals surface area contributed by atoms with E-state index in [0.29, 0.717) is 16.3 Å². The van der Waals surface area contributed by atoms with Crippen molar-refractivity contribution >= 4 is 35.2 Å². The number of aromatic amines is 1. The van der Waals surface area contributed by atoms with Crippen molar-refractivity contribution in [2.75, 3.05) is 0 Å². The minimum absolute atomic E-state index is 0.160. The Hall–Kier alpha value is -3.56. The zero-order chi connectivity index (χ0) is 19.0. The Labute approximate surface area is 159 Å². The van der Waals surface area contributed by atoms with Gasteiger partial charge in [0.15, 0.2) is 0 Å². The van der Waals surface area contributed by atoms with Crippen molar-refractivity contribution in [2.45, 2.75) is 6.54 Å². The third kappa shape index (κ3) is 3.16. The number of H-pyrrole nitrogens is 1. The van der Waals surface area contributed by atoms with Crippen molar-refractivity contribution in [3.8, 4) is 11.9 Å². The van der Waals surface area contributed by atoms with Gasteiger partial charge in [0.05, 0.1) is 23.9 Å². The van der Waals surface area contributed by atoms with Gasteiger partial charge in [-0.2, -0.15) is 5.26 Å². The number of benzene rings is 2. The van der Waals surface area contributed by atoms with Gasteiger partial charge in [-0.25, -0.2) is 4.79 Å². The standard InChI is InChI=1S/C20H13ClN4O2/c21-15-5-6-16-14(10-23-17(16)8-15)7-18-19(26)25(20(27)24-18)11-13-3-1-12(9-22)2-4-13/h1-8,10,26H,11H2,(H,24,27)/b14-7+. The lowest BCUT2D eigenvalue weighted by atomic mass is 10.1. The molecule has 2 aromatic carbocycles. The van der Waals surface area contributed by atoms with Gasteiger partial charge in [0, 0.05) is 22.4 Å². The largest absolute Gasteiger partial charge is 0.493 e. The lowest BCUT2D eigenvalue weighted by molar-refractivity contribution is 0.420. The van der Waals surface area contributed by atoms with Gasteiger partial charge in [-0.1, -0.05) is 29.8 Å². The Morgan fingerprint density at radius 3 is 2.78 bits per heavy atom. The molecule has 0 fully saturated rings. The minimum Gasteiger partial charge on any atom is -0.493 e. The van der Waals surface area contributed by atoms with Crippen LogP contribution in [0.4, 0.5) is 5.69 Å². The van der Waals surface area contributed by atoms with Crippen LogP contribution in [0.2, 0.25) is 5.02 Å². The maximum Gasteiger partial charge on any atom is 0.329 e. The van der Waals surface area contributed by atoms with E-state index >= 15 is 0 Å². The zero-order valence-electron chi connectivity index (χ0n) is 14.0. The number of halogens is 1. The third-order valence-corrected chi connectivity index (χ3v) is 4.56. The molecule has 0 atom stereocenters. The summed E-state index contributed by atoms with van der Waals surface area (Å²) in [6.45, 7) is 0.191. The van der Waals surface area contributed by atoms with E-state index in [1.807, 2.05) is 12.1 Å². The fraction of sp³-hybridized carbons (Fsp3) is 0.0500. The first-order valence-electron chi connectivity index (χ1n) is 8.11. The maximum atomic E-state index is 12.3. The van der Waals surface area contributed by atoms with Crippen LogP contribution >= 0.6 is 11.6 Å². The van der Waals surface area contributed by atoms with E-state index < -0.39 is 5.69 Å².